The van der Waals surface area contributed by atoms with Crippen molar-refractivity contribution in [2.45, 2.75) is 12.5 Å². The summed E-state index contributed by atoms with van der Waals surface area (Å²) in [6.45, 7) is 5.41. The summed E-state index contributed by atoms with van der Waals surface area (Å²) in [5.41, 5.74) is 7.75. The summed E-state index contributed by atoms with van der Waals surface area (Å²) in [4.78, 5) is 4.78. The van der Waals surface area contributed by atoms with Gasteiger partial charge in [-0.25, -0.2) is 8.78 Å². The van der Waals surface area contributed by atoms with Gasteiger partial charge in [-0.3, -0.25) is 4.90 Å². The van der Waals surface area contributed by atoms with E-state index in [1.165, 1.54) is 24.3 Å². The second-order valence-electron chi connectivity index (χ2n) is 6.53. The predicted molar refractivity (Wildman–Crippen MR) is 96.3 cm³/mol. The molecule has 2 aromatic rings. The summed E-state index contributed by atoms with van der Waals surface area (Å²) in [5.74, 6) is -0.488. The van der Waals surface area contributed by atoms with E-state index in [4.69, 9.17) is 5.73 Å². The van der Waals surface area contributed by atoms with Crippen LogP contribution in [0.25, 0.3) is 0 Å². The average Bonchev–Trinajstić information content (AvgIpc) is 2.85. The molecule has 0 radical (unpaired) electrons. The van der Waals surface area contributed by atoms with Crippen molar-refractivity contribution in [1.82, 2.24) is 9.80 Å². The molecule has 1 saturated heterocycles. The molecule has 1 heterocycles. The molecule has 3 nitrogen and oxygen atoms in total. The highest BCUT2D eigenvalue weighted by molar-refractivity contribution is 5.32. The first-order chi connectivity index (χ1) is 12.2. The predicted octanol–water partition coefficient (Wildman–Crippen LogP) is 3.02. The van der Waals surface area contributed by atoms with Crippen molar-refractivity contribution in [1.29, 1.82) is 0 Å². The van der Waals surface area contributed by atoms with E-state index >= 15 is 0 Å². The fourth-order valence-electron chi connectivity index (χ4n) is 3.56. The van der Waals surface area contributed by atoms with Crippen LogP contribution in [0.1, 0.15) is 23.6 Å². The molecule has 134 valence electrons. The fourth-order valence-corrected chi connectivity index (χ4v) is 3.56. The van der Waals surface area contributed by atoms with Gasteiger partial charge in [0.25, 0.3) is 0 Å². The molecule has 3 rings (SSSR count). The zero-order valence-electron chi connectivity index (χ0n) is 14.4. The Morgan fingerprint density at radius 2 is 1.36 bits per heavy atom. The van der Waals surface area contributed by atoms with Gasteiger partial charge in [0.15, 0.2) is 0 Å². The van der Waals surface area contributed by atoms with Crippen LogP contribution in [0.15, 0.2) is 48.5 Å². The van der Waals surface area contributed by atoms with Gasteiger partial charge in [-0.05, 0) is 48.4 Å². The molecule has 2 N–H and O–H groups in total. The molecule has 1 aliphatic rings. The van der Waals surface area contributed by atoms with Gasteiger partial charge in [0.2, 0.25) is 0 Å². The molecule has 0 bridgehead atoms. The molecule has 0 amide bonds. The highest BCUT2D eigenvalue weighted by Gasteiger charge is 2.25. The molecule has 2 aromatic carbocycles. The van der Waals surface area contributed by atoms with Crippen LogP contribution < -0.4 is 5.73 Å². The van der Waals surface area contributed by atoms with E-state index in [0.717, 1.165) is 50.3 Å². The maximum atomic E-state index is 13.4. The van der Waals surface area contributed by atoms with Gasteiger partial charge in [0.05, 0.1) is 6.04 Å². The zero-order chi connectivity index (χ0) is 17.6. The van der Waals surface area contributed by atoms with Crippen molar-refractivity contribution in [3.8, 4) is 0 Å². The van der Waals surface area contributed by atoms with Crippen LogP contribution in [0.5, 0.6) is 0 Å². The molecule has 0 atom stereocenters. The Morgan fingerprint density at radius 1 is 0.800 bits per heavy atom. The average molecular weight is 345 g/mol. The van der Waals surface area contributed by atoms with Gasteiger partial charge in [0.1, 0.15) is 11.6 Å². The van der Waals surface area contributed by atoms with Crippen LogP contribution in [0.3, 0.4) is 0 Å². The molecule has 0 aliphatic carbocycles. The first-order valence-corrected chi connectivity index (χ1v) is 8.85. The van der Waals surface area contributed by atoms with Gasteiger partial charge in [-0.15, -0.1) is 0 Å². The van der Waals surface area contributed by atoms with Crippen molar-refractivity contribution >= 4 is 0 Å². The molecule has 0 saturated carbocycles. The number of halogens is 2. The van der Waals surface area contributed by atoms with Crippen LogP contribution in [0, 0.1) is 11.6 Å². The van der Waals surface area contributed by atoms with E-state index in [1.54, 1.807) is 0 Å². The lowest BCUT2D eigenvalue weighted by molar-refractivity contribution is 0.224. The summed E-state index contributed by atoms with van der Waals surface area (Å²) >= 11 is 0. The lowest BCUT2D eigenvalue weighted by atomic mass is 9.96. The number of hydrogen-bond donors (Lipinski definition) is 1. The smallest absolute Gasteiger partial charge is 0.123 e. The minimum atomic E-state index is -0.244. The van der Waals surface area contributed by atoms with E-state index in [1.807, 2.05) is 24.3 Å². The Kier molecular flexibility index (Phi) is 6.13. The lowest BCUT2D eigenvalue weighted by Crippen LogP contribution is -2.35. The van der Waals surface area contributed by atoms with Crippen molar-refractivity contribution in [3.05, 3.63) is 71.3 Å². The molecular formula is C20H25F2N3. The minimum Gasteiger partial charge on any atom is -0.329 e. The topological polar surface area (TPSA) is 32.5 Å². The van der Waals surface area contributed by atoms with Gasteiger partial charge < -0.3 is 10.6 Å². The summed E-state index contributed by atoms with van der Waals surface area (Å²) in [5, 5.41) is 0. The minimum absolute atomic E-state index is 0.000901. The van der Waals surface area contributed by atoms with Crippen molar-refractivity contribution in [3.63, 3.8) is 0 Å². The Balaban J connectivity index is 1.88. The van der Waals surface area contributed by atoms with Crippen LogP contribution >= 0.6 is 0 Å². The third kappa shape index (κ3) is 4.63. The highest BCUT2D eigenvalue weighted by Crippen LogP contribution is 2.30. The van der Waals surface area contributed by atoms with Crippen LogP contribution in [-0.2, 0) is 0 Å². The summed E-state index contributed by atoms with van der Waals surface area (Å²) in [6.07, 6.45) is 1.05. The molecule has 25 heavy (non-hydrogen) atoms. The molecule has 0 spiro atoms. The molecule has 0 aromatic heterocycles. The monoisotopic (exact) mass is 345 g/mol. The van der Waals surface area contributed by atoms with Gasteiger partial charge in [0, 0.05) is 32.7 Å². The number of hydrogen-bond acceptors (Lipinski definition) is 3. The second-order valence-corrected chi connectivity index (χ2v) is 6.53. The van der Waals surface area contributed by atoms with E-state index in [9.17, 15) is 8.78 Å². The SMILES string of the molecule is NCCN1CCCN(C(c2ccc(F)cc2)c2ccc(F)cc2)CC1. The van der Waals surface area contributed by atoms with Crippen molar-refractivity contribution < 1.29 is 8.78 Å². The second kappa shape index (κ2) is 8.52. The maximum absolute atomic E-state index is 13.4. The van der Waals surface area contributed by atoms with Crippen LogP contribution in [0.4, 0.5) is 8.78 Å². The number of nitrogens with two attached hydrogens (primary N) is 1. The van der Waals surface area contributed by atoms with E-state index in [2.05, 4.69) is 9.80 Å². The van der Waals surface area contributed by atoms with Crippen LogP contribution in [-0.4, -0.2) is 49.1 Å². The van der Waals surface area contributed by atoms with Crippen LogP contribution in [0.2, 0.25) is 0 Å². The summed E-state index contributed by atoms with van der Waals surface area (Å²) < 4.78 is 26.7. The van der Waals surface area contributed by atoms with E-state index < -0.39 is 0 Å². The Hall–Kier alpha value is -1.82. The Labute approximate surface area is 148 Å². The maximum Gasteiger partial charge on any atom is 0.123 e. The fraction of sp³-hybridized carbons (Fsp3) is 0.400. The van der Waals surface area contributed by atoms with Gasteiger partial charge >= 0.3 is 0 Å². The number of nitrogens with zero attached hydrogens (tertiary/aromatic N) is 2. The van der Waals surface area contributed by atoms with Gasteiger partial charge in [-0.1, -0.05) is 24.3 Å². The molecule has 1 aliphatic heterocycles. The quantitative estimate of drug-likeness (QED) is 0.904. The normalized spacial score (nSPS) is 17.0. The first-order valence-electron chi connectivity index (χ1n) is 8.85. The van der Waals surface area contributed by atoms with Gasteiger partial charge in [-0.2, -0.15) is 0 Å². The Bertz CT molecular complexity index is 612. The van der Waals surface area contributed by atoms with Crippen molar-refractivity contribution in [2.24, 2.45) is 5.73 Å². The largest absolute Gasteiger partial charge is 0.329 e. The Morgan fingerprint density at radius 3 is 1.88 bits per heavy atom. The zero-order valence-corrected chi connectivity index (χ0v) is 14.4. The first kappa shape index (κ1) is 18.0. The third-order valence-corrected chi connectivity index (χ3v) is 4.81. The third-order valence-electron chi connectivity index (χ3n) is 4.81. The molecule has 5 heteroatoms. The summed E-state index contributed by atoms with van der Waals surface area (Å²) in [6, 6.07) is 13.3. The summed E-state index contributed by atoms with van der Waals surface area (Å²) in [7, 11) is 0. The molecule has 1 fully saturated rings. The van der Waals surface area contributed by atoms with E-state index in [-0.39, 0.29) is 17.7 Å². The number of benzene rings is 2. The molecular weight excluding hydrogens is 320 g/mol. The highest BCUT2D eigenvalue weighted by atomic mass is 19.1. The standard InChI is InChI=1S/C20H25F2N3/c21-18-6-2-16(3-7-18)20(17-4-8-19(22)9-5-17)25-12-1-11-24(13-10-23)14-15-25/h2-9,20H,1,10-15,23H2. The van der Waals surface area contributed by atoms with Crippen molar-refractivity contribution in [2.75, 3.05) is 39.3 Å². The van der Waals surface area contributed by atoms with E-state index in [0.29, 0.717) is 6.54 Å². The number of rotatable bonds is 5. The molecule has 0 unspecified atom stereocenters. The lowest BCUT2D eigenvalue weighted by Gasteiger charge is -2.31.